The average Bonchev–Trinajstić information content (AvgIpc) is 2.28. The van der Waals surface area contributed by atoms with Gasteiger partial charge in [0.25, 0.3) is 0 Å². The Kier molecular flexibility index (Phi) is 4.87. The highest BCUT2D eigenvalue weighted by Crippen LogP contribution is 2.16. The van der Waals surface area contributed by atoms with Gasteiger partial charge in [0, 0.05) is 12.6 Å². The first-order valence-electron chi connectivity index (χ1n) is 5.19. The van der Waals surface area contributed by atoms with E-state index in [-0.39, 0.29) is 25.8 Å². The van der Waals surface area contributed by atoms with Gasteiger partial charge >= 0.3 is 5.97 Å². The van der Waals surface area contributed by atoms with E-state index >= 15 is 0 Å². The number of sulfonamides is 1. The van der Waals surface area contributed by atoms with Crippen LogP contribution in [0.3, 0.4) is 0 Å². The molecular weight excluding hydrogens is 250 g/mol. The predicted octanol–water partition coefficient (Wildman–Crippen LogP) is -1.43. The van der Waals surface area contributed by atoms with Gasteiger partial charge in [-0.2, -0.15) is 4.31 Å². The van der Waals surface area contributed by atoms with Crippen LogP contribution in [0.25, 0.3) is 0 Å². The van der Waals surface area contributed by atoms with Gasteiger partial charge in [0.1, 0.15) is 0 Å². The van der Waals surface area contributed by atoms with E-state index < -0.39 is 27.8 Å². The molecule has 0 aromatic carbocycles. The fourth-order valence-electron chi connectivity index (χ4n) is 1.58. The third-order valence-electron chi connectivity index (χ3n) is 2.54. The number of hydrogen-bond donors (Lipinski definition) is 1. The Labute approximate surface area is 100 Å². The van der Waals surface area contributed by atoms with Crippen LogP contribution in [0.4, 0.5) is 0 Å². The first-order chi connectivity index (χ1) is 7.90. The number of nitrogens with zero attached hydrogens (tertiary/aromatic N) is 1. The zero-order valence-corrected chi connectivity index (χ0v) is 10.6. The Morgan fingerprint density at radius 1 is 1.59 bits per heavy atom. The molecule has 0 spiro atoms. The van der Waals surface area contributed by atoms with Crippen LogP contribution in [0.2, 0.25) is 0 Å². The van der Waals surface area contributed by atoms with Gasteiger partial charge in [-0.3, -0.25) is 4.79 Å². The fourth-order valence-corrected chi connectivity index (χ4v) is 3.16. The lowest BCUT2D eigenvalue weighted by Gasteiger charge is -2.36. The highest BCUT2D eigenvalue weighted by Gasteiger charge is 2.35. The van der Waals surface area contributed by atoms with E-state index in [1.807, 2.05) is 0 Å². The van der Waals surface area contributed by atoms with Crippen LogP contribution < -0.4 is 0 Å². The second-order valence-electron chi connectivity index (χ2n) is 3.89. The summed E-state index contributed by atoms with van der Waals surface area (Å²) in [6, 6.07) is -0.354. The lowest BCUT2D eigenvalue weighted by atomic mass is 10.2. The van der Waals surface area contributed by atoms with Crippen LogP contribution in [-0.2, 0) is 24.3 Å². The number of aliphatic hydroxyl groups excluding tert-OH is 1. The average molecular weight is 267 g/mol. The number of carbonyl (C=O) groups excluding carboxylic acids is 1. The predicted molar refractivity (Wildman–Crippen MR) is 58.8 cm³/mol. The molecule has 1 aliphatic rings. The third kappa shape index (κ3) is 3.63. The third-order valence-corrected chi connectivity index (χ3v) is 4.36. The van der Waals surface area contributed by atoms with Crippen LogP contribution in [0.5, 0.6) is 0 Å². The molecule has 0 aliphatic carbocycles. The molecule has 0 bridgehead atoms. The number of rotatable bonds is 4. The fraction of sp³-hybridized carbons (Fsp3) is 0.889. The molecule has 7 nitrogen and oxygen atoms in total. The largest absolute Gasteiger partial charge is 0.468 e. The highest BCUT2D eigenvalue weighted by atomic mass is 32.2. The van der Waals surface area contributed by atoms with Crippen LogP contribution >= 0.6 is 0 Å². The number of esters is 1. The maximum Gasteiger partial charge on any atom is 0.322 e. The normalized spacial score (nSPS) is 26.8. The van der Waals surface area contributed by atoms with E-state index in [1.54, 1.807) is 6.92 Å². The van der Waals surface area contributed by atoms with Gasteiger partial charge in [-0.1, -0.05) is 0 Å². The van der Waals surface area contributed by atoms with Crippen molar-refractivity contribution in [2.45, 2.75) is 19.1 Å². The molecule has 100 valence electrons. The SMILES string of the molecule is COC(=O)CS(=O)(=O)N1CC(CO)OCC1C. The standard InChI is InChI=1S/C9H17NO6S/c1-7-5-16-8(4-11)3-10(7)17(13,14)6-9(12)15-2/h7-8,11H,3-6H2,1-2H3. The number of aliphatic hydroxyl groups is 1. The first-order valence-corrected chi connectivity index (χ1v) is 6.80. The van der Waals surface area contributed by atoms with Crippen molar-refractivity contribution in [2.75, 3.05) is 32.6 Å². The summed E-state index contributed by atoms with van der Waals surface area (Å²) in [6.45, 7) is 1.68. The Bertz CT molecular complexity index is 368. The van der Waals surface area contributed by atoms with Gasteiger partial charge < -0.3 is 14.6 Å². The summed E-state index contributed by atoms with van der Waals surface area (Å²) in [6.07, 6.45) is -0.543. The van der Waals surface area contributed by atoms with Gasteiger partial charge in [-0.15, -0.1) is 0 Å². The van der Waals surface area contributed by atoms with Crippen LogP contribution in [-0.4, -0.2) is 68.6 Å². The zero-order valence-electron chi connectivity index (χ0n) is 9.83. The summed E-state index contributed by atoms with van der Waals surface area (Å²) in [4.78, 5) is 11.0. The van der Waals surface area contributed by atoms with E-state index in [4.69, 9.17) is 9.84 Å². The molecule has 0 saturated carbocycles. The van der Waals surface area contributed by atoms with Crippen molar-refractivity contribution in [1.29, 1.82) is 0 Å². The number of ether oxygens (including phenoxy) is 2. The summed E-state index contributed by atoms with van der Waals surface area (Å²) < 4.78 is 34.6. The molecular formula is C9H17NO6S. The molecule has 2 unspecified atom stereocenters. The topological polar surface area (TPSA) is 93.1 Å². The number of methoxy groups -OCH3 is 1. The van der Waals surface area contributed by atoms with Crippen molar-refractivity contribution < 1.29 is 27.8 Å². The summed E-state index contributed by atoms with van der Waals surface area (Å²) in [7, 11) is -2.58. The first kappa shape index (κ1) is 14.4. The lowest BCUT2D eigenvalue weighted by Crippen LogP contribution is -2.53. The Morgan fingerprint density at radius 2 is 2.24 bits per heavy atom. The minimum atomic E-state index is -3.72. The van der Waals surface area contributed by atoms with Crippen molar-refractivity contribution >= 4 is 16.0 Å². The minimum Gasteiger partial charge on any atom is -0.468 e. The molecule has 8 heteroatoms. The van der Waals surface area contributed by atoms with Crippen molar-refractivity contribution in [3.05, 3.63) is 0 Å². The van der Waals surface area contributed by atoms with Gasteiger partial charge in [-0.25, -0.2) is 8.42 Å². The zero-order chi connectivity index (χ0) is 13.1. The summed E-state index contributed by atoms with van der Waals surface area (Å²) >= 11 is 0. The summed E-state index contributed by atoms with van der Waals surface area (Å²) in [5, 5.41) is 8.95. The van der Waals surface area contributed by atoms with Gasteiger partial charge in [0.2, 0.25) is 10.0 Å². The van der Waals surface area contributed by atoms with E-state index in [0.717, 1.165) is 7.11 Å². The van der Waals surface area contributed by atoms with Crippen LogP contribution in [0.15, 0.2) is 0 Å². The Balaban J connectivity index is 2.77. The summed E-state index contributed by atoms with van der Waals surface area (Å²) in [5.74, 6) is -1.49. The van der Waals surface area contributed by atoms with Gasteiger partial charge in [0.15, 0.2) is 5.75 Å². The van der Waals surface area contributed by atoms with E-state index in [1.165, 1.54) is 4.31 Å². The molecule has 0 radical (unpaired) electrons. The van der Waals surface area contributed by atoms with E-state index in [2.05, 4.69) is 4.74 Å². The second kappa shape index (κ2) is 5.76. The molecule has 1 heterocycles. The molecule has 0 amide bonds. The molecule has 0 aromatic heterocycles. The molecule has 1 aliphatic heterocycles. The maximum absolute atomic E-state index is 11.9. The minimum absolute atomic E-state index is 0.0526. The summed E-state index contributed by atoms with van der Waals surface area (Å²) in [5.41, 5.74) is 0. The van der Waals surface area contributed by atoms with E-state index in [9.17, 15) is 13.2 Å². The molecule has 0 aromatic rings. The number of hydrogen-bond acceptors (Lipinski definition) is 6. The van der Waals surface area contributed by atoms with Crippen LogP contribution in [0.1, 0.15) is 6.92 Å². The van der Waals surface area contributed by atoms with E-state index in [0.29, 0.717) is 0 Å². The quantitative estimate of drug-likeness (QED) is 0.628. The maximum atomic E-state index is 11.9. The number of carbonyl (C=O) groups is 1. The Hall–Kier alpha value is -0.700. The smallest absolute Gasteiger partial charge is 0.322 e. The molecule has 1 N–H and O–H groups in total. The monoisotopic (exact) mass is 267 g/mol. The van der Waals surface area contributed by atoms with Gasteiger partial charge in [0.05, 0.1) is 26.4 Å². The molecule has 1 saturated heterocycles. The Morgan fingerprint density at radius 3 is 2.76 bits per heavy atom. The molecule has 2 atom stereocenters. The van der Waals surface area contributed by atoms with Crippen molar-refractivity contribution in [1.82, 2.24) is 4.31 Å². The van der Waals surface area contributed by atoms with Crippen molar-refractivity contribution in [3.63, 3.8) is 0 Å². The highest BCUT2D eigenvalue weighted by molar-refractivity contribution is 7.89. The number of morpholine rings is 1. The molecule has 1 fully saturated rings. The van der Waals surface area contributed by atoms with Crippen LogP contribution in [0, 0.1) is 0 Å². The second-order valence-corrected chi connectivity index (χ2v) is 5.81. The van der Waals surface area contributed by atoms with Crippen molar-refractivity contribution in [3.8, 4) is 0 Å². The van der Waals surface area contributed by atoms with Crippen molar-refractivity contribution in [2.24, 2.45) is 0 Å². The molecule has 1 rings (SSSR count). The molecule has 17 heavy (non-hydrogen) atoms. The van der Waals surface area contributed by atoms with Gasteiger partial charge in [-0.05, 0) is 6.92 Å². The lowest BCUT2D eigenvalue weighted by molar-refractivity contribution is -0.137.